The van der Waals surface area contributed by atoms with Gasteiger partial charge in [0.2, 0.25) is 5.91 Å². The molecule has 0 spiro atoms. The standard InChI is InChI=1S/C16H23N3O2/c1-13(2)12-19(9-4-8-17)16(20)7-10-21-15-6-3-5-14(18)11-15/h3,5-6,11,13H,4,7,9-10,12,18H2,1-2H3. The maximum atomic E-state index is 12.2. The minimum Gasteiger partial charge on any atom is -0.493 e. The number of rotatable bonds is 8. The van der Waals surface area contributed by atoms with Crippen LogP contribution in [0.4, 0.5) is 5.69 Å². The monoisotopic (exact) mass is 289 g/mol. The zero-order valence-electron chi connectivity index (χ0n) is 12.7. The first-order chi connectivity index (χ1) is 10.0. The van der Waals surface area contributed by atoms with Crippen LogP contribution < -0.4 is 10.5 Å². The van der Waals surface area contributed by atoms with E-state index in [4.69, 9.17) is 15.7 Å². The summed E-state index contributed by atoms with van der Waals surface area (Å²) in [6.07, 6.45) is 0.654. The van der Waals surface area contributed by atoms with Crippen molar-refractivity contribution in [3.8, 4) is 11.8 Å². The van der Waals surface area contributed by atoms with Crippen LogP contribution in [0.2, 0.25) is 0 Å². The van der Waals surface area contributed by atoms with Gasteiger partial charge in [0.05, 0.1) is 25.5 Å². The average Bonchev–Trinajstić information content (AvgIpc) is 2.43. The van der Waals surface area contributed by atoms with E-state index < -0.39 is 0 Å². The lowest BCUT2D eigenvalue weighted by Crippen LogP contribution is -2.35. The molecule has 0 bridgehead atoms. The lowest BCUT2D eigenvalue weighted by Gasteiger charge is -2.23. The van der Waals surface area contributed by atoms with Crippen molar-refractivity contribution in [2.24, 2.45) is 5.92 Å². The molecule has 5 nitrogen and oxygen atoms in total. The Kier molecular flexibility index (Phi) is 7.10. The van der Waals surface area contributed by atoms with Gasteiger partial charge in [-0.2, -0.15) is 5.26 Å². The normalized spacial score (nSPS) is 10.2. The predicted molar refractivity (Wildman–Crippen MR) is 82.6 cm³/mol. The highest BCUT2D eigenvalue weighted by molar-refractivity contribution is 5.76. The first-order valence-electron chi connectivity index (χ1n) is 7.16. The Balaban J connectivity index is 2.44. The van der Waals surface area contributed by atoms with Crippen molar-refractivity contribution in [1.29, 1.82) is 5.26 Å². The van der Waals surface area contributed by atoms with Crippen LogP contribution in [0.1, 0.15) is 26.7 Å². The first kappa shape index (κ1) is 16.8. The van der Waals surface area contributed by atoms with Crippen LogP contribution in [-0.2, 0) is 4.79 Å². The third-order valence-electron chi connectivity index (χ3n) is 2.87. The zero-order valence-corrected chi connectivity index (χ0v) is 12.7. The summed E-state index contributed by atoms with van der Waals surface area (Å²) in [5, 5.41) is 8.66. The lowest BCUT2D eigenvalue weighted by atomic mass is 10.2. The van der Waals surface area contributed by atoms with Crippen LogP contribution in [0, 0.1) is 17.2 Å². The molecule has 114 valence electrons. The lowest BCUT2D eigenvalue weighted by molar-refractivity contribution is -0.132. The van der Waals surface area contributed by atoms with Crippen molar-refractivity contribution in [1.82, 2.24) is 4.90 Å². The van der Waals surface area contributed by atoms with E-state index in [2.05, 4.69) is 19.9 Å². The Hall–Kier alpha value is -2.22. The van der Waals surface area contributed by atoms with E-state index in [1.54, 1.807) is 17.0 Å². The highest BCUT2D eigenvalue weighted by Crippen LogP contribution is 2.14. The summed E-state index contributed by atoms with van der Waals surface area (Å²) in [5.41, 5.74) is 6.30. The van der Waals surface area contributed by atoms with Crippen LogP contribution in [0.25, 0.3) is 0 Å². The summed E-state index contributed by atoms with van der Waals surface area (Å²) < 4.78 is 5.52. The van der Waals surface area contributed by atoms with Crippen LogP contribution >= 0.6 is 0 Å². The molecule has 0 radical (unpaired) electrons. The summed E-state index contributed by atoms with van der Waals surface area (Å²) in [6.45, 7) is 5.56. The Morgan fingerprint density at radius 3 is 2.86 bits per heavy atom. The molecule has 21 heavy (non-hydrogen) atoms. The van der Waals surface area contributed by atoms with Gasteiger partial charge in [-0.15, -0.1) is 0 Å². The summed E-state index contributed by atoms with van der Waals surface area (Å²) >= 11 is 0. The second-order valence-electron chi connectivity index (χ2n) is 5.31. The molecule has 0 saturated carbocycles. The maximum Gasteiger partial charge on any atom is 0.226 e. The minimum absolute atomic E-state index is 0.0165. The number of ether oxygens (including phenoxy) is 1. The second-order valence-corrected chi connectivity index (χ2v) is 5.31. The van der Waals surface area contributed by atoms with Crippen molar-refractivity contribution in [2.45, 2.75) is 26.7 Å². The molecule has 0 aromatic heterocycles. The molecular formula is C16H23N3O2. The van der Waals surface area contributed by atoms with Gasteiger partial charge in [0.1, 0.15) is 5.75 Å². The van der Waals surface area contributed by atoms with Gasteiger partial charge in [0.15, 0.2) is 0 Å². The van der Waals surface area contributed by atoms with E-state index in [0.29, 0.717) is 49.9 Å². The average molecular weight is 289 g/mol. The molecule has 2 N–H and O–H groups in total. The van der Waals surface area contributed by atoms with Gasteiger partial charge in [0, 0.05) is 24.8 Å². The smallest absolute Gasteiger partial charge is 0.226 e. The molecule has 1 aromatic carbocycles. The zero-order chi connectivity index (χ0) is 15.7. The number of carbonyl (C=O) groups excluding carboxylic acids is 1. The van der Waals surface area contributed by atoms with Crippen LogP contribution in [0.5, 0.6) is 5.75 Å². The van der Waals surface area contributed by atoms with Gasteiger partial charge in [-0.1, -0.05) is 19.9 Å². The van der Waals surface area contributed by atoms with Gasteiger partial charge in [-0.25, -0.2) is 0 Å². The predicted octanol–water partition coefficient (Wildman–Crippen LogP) is 2.44. The summed E-state index contributed by atoms with van der Waals surface area (Å²) in [5.74, 6) is 1.06. The molecule has 1 rings (SSSR count). The Morgan fingerprint density at radius 1 is 1.48 bits per heavy atom. The fourth-order valence-corrected chi connectivity index (χ4v) is 1.96. The summed E-state index contributed by atoms with van der Waals surface area (Å²) in [7, 11) is 0. The number of benzene rings is 1. The van der Waals surface area contributed by atoms with Crippen molar-refractivity contribution >= 4 is 11.6 Å². The van der Waals surface area contributed by atoms with Crippen molar-refractivity contribution in [3.63, 3.8) is 0 Å². The SMILES string of the molecule is CC(C)CN(CCC#N)C(=O)CCOc1cccc(N)c1. The Labute approximate surface area is 126 Å². The van der Waals surface area contributed by atoms with E-state index in [9.17, 15) is 4.79 Å². The molecule has 0 fully saturated rings. The van der Waals surface area contributed by atoms with Crippen molar-refractivity contribution in [3.05, 3.63) is 24.3 Å². The molecule has 0 aliphatic rings. The van der Waals surface area contributed by atoms with Gasteiger partial charge in [-0.3, -0.25) is 4.79 Å². The van der Waals surface area contributed by atoms with Crippen LogP contribution in [0.15, 0.2) is 24.3 Å². The number of hydrogen-bond donors (Lipinski definition) is 1. The number of hydrogen-bond acceptors (Lipinski definition) is 4. The molecule has 0 saturated heterocycles. The molecule has 0 atom stereocenters. The van der Waals surface area contributed by atoms with Crippen molar-refractivity contribution < 1.29 is 9.53 Å². The van der Waals surface area contributed by atoms with Crippen LogP contribution in [-0.4, -0.2) is 30.5 Å². The van der Waals surface area contributed by atoms with Crippen molar-refractivity contribution in [2.75, 3.05) is 25.4 Å². The van der Waals surface area contributed by atoms with E-state index in [0.717, 1.165) is 0 Å². The second kappa shape index (κ2) is 8.85. The van der Waals surface area contributed by atoms with Gasteiger partial charge >= 0.3 is 0 Å². The van der Waals surface area contributed by atoms with E-state index in [1.807, 2.05) is 12.1 Å². The van der Waals surface area contributed by atoms with E-state index in [1.165, 1.54) is 0 Å². The topological polar surface area (TPSA) is 79.3 Å². The fraction of sp³-hybridized carbons (Fsp3) is 0.500. The molecule has 5 heteroatoms. The molecule has 0 aliphatic carbocycles. The number of nitriles is 1. The number of carbonyl (C=O) groups is 1. The molecule has 1 aromatic rings. The maximum absolute atomic E-state index is 12.2. The molecule has 0 aliphatic heterocycles. The largest absolute Gasteiger partial charge is 0.493 e. The highest BCUT2D eigenvalue weighted by atomic mass is 16.5. The number of amides is 1. The Morgan fingerprint density at radius 2 is 2.24 bits per heavy atom. The van der Waals surface area contributed by atoms with Gasteiger partial charge in [-0.05, 0) is 18.1 Å². The van der Waals surface area contributed by atoms with E-state index >= 15 is 0 Å². The number of nitrogens with zero attached hydrogens (tertiary/aromatic N) is 2. The number of nitrogens with two attached hydrogens (primary N) is 1. The quantitative estimate of drug-likeness (QED) is 0.745. The fourth-order valence-electron chi connectivity index (χ4n) is 1.96. The third-order valence-corrected chi connectivity index (χ3v) is 2.87. The van der Waals surface area contributed by atoms with Gasteiger partial charge < -0.3 is 15.4 Å². The van der Waals surface area contributed by atoms with Gasteiger partial charge in [0.25, 0.3) is 0 Å². The molecular weight excluding hydrogens is 266 g/mol. The van der Waals surface area contributed by atoms with Crippen LogP contribution in [0.3, 0.4) is 0 Å². The molecule has 0 heterocycles. The van der Waals surface area contributed by atoms with E-state index in [-0.39, 0.29) is 5.91 Å². The molecule has 1 amide bonds. The summed E-state index contributed by atoms with van der Waals surface area (Å²) in [6, 6.07) is 9.20. The summed E-state index contributed by atoms with van der Waals surface area (Å²) in [4.78, 5) is 13.9. The third kappa shape index (κ3) is 6.66. The minimum atomic E-state index is 0.0165. The Bertz CT molecular complexity index is 495. The number of nitrogen functional groups attached to an aromatic ring is 1. The molecule has 0 unspecified atom stereocenters. The highest BCUT2D eigenvalue weighted by Gasteiger charge is 2.14. The first-order valence-corrected chi connectivity index (χ1v) is 7.16. The number of anilines is 1.